The van der Waals surface area contributed by atoms with Crippen LogP contribution in [0.4, 0.5) is 0 Å². The highest BCUT2D eigenvalue weighted by atomic mass is 35.5. The molecule has 0 aliphatic heterocycles. The average molecular weight is 410 g/mol. The second-order valence-corrected chi connectivity index (χ2v) is 6.23. The number of benzene rings is 2. The van der Waals surface area contributed by atoms with Gasteiger partial charge in [-0.1, -0.05) is 35.3 Å². The first kappa shape index (κ1) is 20.6. The summed E-state index contributed by atoms with van der Waals surface area (Å²) >= 11 is 11.8. The Balaban J connectivity index is 1.80. The maximum Gasteiger partial charge on any atom is 0.331 e. The van der Waals surface area contributed by atoms with E-state index >= 15 is 0 Å². The normalized spacial score (nSPS) is 10.6. The lowest BCUT2D eigenvalue weighted by Crippen LogP contribution is -2.28. The van der Waals surface area contributed by atoms with Crippen LogP contribution < -0.4 is 10.1 Å². The Labute approximate surface area is 166 Å². The zero-order valence-electron chi connectivity index (χ0n) is 14.4. The topological polar surface area (TPSA) is 84.9 Å². The van der Waals surface area contributed by atoms with Gasteiger partial charge in [-0.2, -0.15) is 0 Å². The number of ether oxygens (including phenoxy) is 2. The van der Waals surface area contributed by atoms with Gasteiger partial charge in [0.1, 0.15) is 0 Å². The van der Waals surface area contributed by atoms with Gasteiger partial charge in [-0.05, 0) is 41.5 Å². The van der Waals surface area contributed by atoms with Gasteiger partial charge in [0, 0.05) is 22.7 Å². The number of carbonyl (C=O) groups is 2. The first-order valence-electron chi connectivity index (χ1n) is 7.81. The van der Waals surface area contributed by atoms with Crippen molar-refractivity contribution in [2.75, 3.05) is 13.7 Å². The third-order valence-electron chi connectivity index (χ3n) is 3.45. The fourth-order valence-electron chi connectivity index (χ4n) is 2.06. The zero-order chi connectivity index (χ0) is 19.8. The van der Waals surface area contributed by atoms with Crippen LogP contribution in [0.25, 0.3) is 6.08 Å². The minimum Gasteiger partial charge on any atom is -0.504 e. The second kappa shape index (κ2) is 9.85. The first-order chi connectivity index (χ1) is 12.9. The van der Waals surface area contributed by atoms with Crippen LogP contribution >= 0.6 is 23.2 Å². The van der Waals surface area contributed by atoms with Gasteiger partial charge in [0.05, 0.1) is 7.11 Å². The molecule has 0 heterocycles. The van der Waals surface area contributed by atoms with Crippen molar-refractivity contribution in [1.29, 1.82) is 0 Å². The van der Waals surface area contributed by atoms with Crippen LogP contribution in [-0.4, -0.2) is 30.7 Å². The molecule has 0 aromatic heterocycles. The third-order valence-corrected chi connectivity index (χ3v) is 4.04. The van der Waals surface area contributed by atoms with E-state index < -0.39 is 18.5 Å². The number of phenols is 1. The maximum absolute atomic E-state index is 11.8. The minimum absolute atomic E-state index is 0.00492. The molecule has 1 amide bonds. The highest BCUT2D eigenvalue weighted by Gasteiger charge is 2.07. The van der Waals surface area contributed by atoms with E-state index in [9.17, 15) is 14.7 Å². The number of hydrogen-bond donors (Lipinski definition) is 2. The number of esters is 1. The largest absolute Gasteiger partial charge is 0.504 e. The van der Waals surface area contributed by atoms with Gasteiger partial charge in [-0.3, -0.25) is 4.79 Å². The summed E-state index contributed by atoms with van der Waals surface area (Å²) in [6.45, 7) is -0.233. The molecule has 0 saturated heterocycles. The Bertz CT molecular complexity index is 867. The molecule has 2 aromatic carbocycles. The molecule has 0 saturated carbocycles. The highest BCUT2D eigenvalue weighted by molar-refractivity contribution is 6.35. The van der Waals surface area contributed by atoms with Crippen molar-refractivity contribution in [1.82, 2.24) is 5.32 Å². The molecule has 2 N–H and O–H groups in total. The predicted octanol–water partition coefficient (Wildman–Crippen LogP) is 3.58. The summed E-state index contributed by atoms with van der Waals surface area (Å²) in [5.41, 5.74) is 1.32. The summed E-state index contributed by atoms with van der Waals surface area (Å²) in [6.07, 6.45) is 2.66. The lowest BCUT2D eigenvalue weighted by Gasteiger charge is -2.07. The van der Waals surface area contributed by atoms with Crippen molar-refractivity contribution in [3.05, 3.63) is 63.6 Å². The predicted molar refractivity (Wildman–Crippen MR) is 103 cm³/mol. The molecule has 0 atom stereocenters. The second-order valence-electron chi connectivity index (χ2n) is 5.38. The Kier molecular flexibility index (Phi) is 7.52. The van der Waals surface area contributed by atoms with E-state index in [1.807, 2.05) is 0 Å². The number of carbonyl (C=O) groups excluding carboxylic acids is 2. The highest BCUT2D eigenvalue weighted by Crippen LogP contribution is 2.26. The number of rotatable bonds is 7. The third kappa shape index (κ3) is 6.51. The molecule has 0 aliphatic carbocycles. The smallest absolute Gasteiger partial charge is 0.331 e. The van der Waals surface area contributed by atoms with Gasteiger partial charge >= 0.3 is 5.97 Å². The van der Waals surface area contributed by atoms with Crippen LogP contribution in [0.1, 0.15) is 11.1 Å². The fourth-order valence-corrected chi connectivity index (χ4v) is 2.53. The van der Waals surface area contributed by atoms with Crippen molar-refractivity contribution in [3.63, 3.8) is 0 Å². The SMILES string of the molecule is COc1cc(/C=C/C(=O)OCC(=O)NCc2ccc(Cl)cc2Cl)ccc1O. The van der Waals surface area contributed by atoms with E-state index in [2.05, 4.69) is 5.32 Å². The summed E-state index contributed by atoms with van der Waals surface area (Å²) in [5.74, 6) is -0.865. The standard InChI is InChI=1S/C19H17Cl2NO5/c1-26-17-8-12(2-6-16(17)23)3-7-19(25)27-11-18(24)22-10-13-4-5-14(20)9-15(13)21/h2-9,23H,10-11H2,1H3,(H,22,24)/b7-3+. The Morgan fingerprint density at radius 1 is 1.19 bits per heavy atom. The molecule has 0 radical (unpaired) electrons. The van der Waals surface area contributed by atoms with E-state index in [0.29, 0.717) is 21.2 Å². The lowest BCUT2D eigenvalue weighted by atomic mass is 10.2. The van der Waals surface area contributed by atoms with E-state index in [0.717, 1.165) is 0 Å². The summed E-state index contributed by atoms with van der Waals surface area (Å²) in [7, 11) is 1.42. The molecule has 142 valence electrons. The van der Waals surface area contributed by atoms with E-state index in [-0.39, 0.29) is 18.0 Å². The summed E-state index contributed by atoms with van der Waals surface area (Å²) in [6, 6.07) is 9.54. The first-order valence-corrected chi connectivity index (χ1v) is 8.57. The van der Waals surface area contributed by atoms with Crippen LogP contribution in [-0.2, 0) is 20.9 Å². The van der Waals surface area contributed by atoms with Gasteiger partial charge < -0.3 is 19.9 Å². The van der Waals surface area contributed by atoms with Crippen molar-refractivity contribution < 1.29 is 24.2 Å². The Morgan fingerprint density at radius 3 is 2.67 bits per heavy atom. The minimum atomic E-state index is -0.679. The summed E-state index contributed by atoms with van der Waals surface area (Å²) in [5, 5.41) is 13.1. The Morgan fingerprint density at radius 2 is 1.96 bits per heavy atom. The van der Waals surface area contributed by atoms with E-state index in [4.69, 9.17) is 32.7 Å². The lowest BCUT2D eigenvalue weighted by molar-refractivity contribution is -0.143. The molecular weight excluding hydrogens is 393 g/mol. The number of aromatic hydroxyl groups is 1. The molecule has 2 aromatic rings. The monoisotopic (exact) mass is 409 g/mol. The Hall–Kier alpha value is -2.70. The van der Waals surface area contributed by atoms with Crippen LogP contribution in [0.3, 0.4) is 0 Å². The molecule has 0 fully saturated rings. The summed E-state index contributed by atoms with van der Waals surface area (Å²) in [4.78, 5) is 23.5. The number of phenolic OH excluding ortho intramolecular Hbond substituents is 1. The number of nitrogens with one attached hydrogen (secondary N) is 1. The van der Waals surface area contributed by atoms with E-state index in [1.54, 1.807) is 30.3 Å². The van der Waals surface area contributed by atoms with Gasteiger partial charge in [0.2, 0.25) is 0 Å². The number of methoxy groups -OCH3 is 1. The summed E-state index contributed by atoms with van der Waals surface area (Å²) < 4.78 is 9.85. The number of halogens is 2. The van der Waals surface area contributed by atoms with Crippen molar-refractivity contribution in [2.45, 2.75) is 6.54 Å². The molecule has 6 nitrogen and oxygen atoms in total. The fraction of sp³-hybridized carbons (Fsp3) is 0.158. The van der Waals surface area contributed by atoms with Crippen LogP contribution in [0.5, 0.6) is 11.5 Å². The van der Waals surface area contributed by atoms with Crippen molar-refractivity contribution in [3.8, 4) is 11.5 Å². The van der Waals surface area contributed by atoms with Crippen LogP contribution in [0, 0.1) is 0 Å². The molecule has 0 aliphatic rings. The van der Waals surface area contributed by atoms with Crippen LogP contribution in [0.2, 0.25) is 10.0 Å². The zero-order valence-corrected chi connectivity index (χ0v) is 15.9. The van der Waals surface area contributed by atoms with Crippen LogP contribution in [0.15, 0.2) is 42.5 Å². The maximum atomic E-state index is 11.8. The van der Waals surface area contributed by atoms with Gasteiger partial charge in [0.25, 0.3) is 5.91 Å². The van der Waals surface area contributed by atoms with Gasteiger partial charge in [-0.15, -0.1) is 0 Å². The molecule has 8 heteroatoms. The average Bonchev–Trinajstić information content (AvgIpc) is 2.65. The number of hydrogen-bond acceptors (Lipinski definition) is 5. The molecule has 0 bridgehead atoms. The van der Waals surface area contributed by atoms with Crippen molar-refractivity contribution in [2.24, 2.45) is 0 Å². The number of amides is 1. The molecule has 2 rings (SSSR count). The molecule has 0 spiro atoms. The van der Waals surface area contributed by atoms with Gasteiger partial charge in [-0.25, -0.2) is 4.79 Å². The van der Waals surface area contributed by atoms with E-state index in [1.165, 1.54) is 25.3 Å². The van der Waals surface area contributed by atoms with Crippen molar-refractivity contribution >= 4 is 41.2 Å². The molecule has 27 heavy (non-hydrogen) atoms. The molecule has 0 unspecified atom stereocenters. The quantitative estimate of drug-likeness (QED) is 0.539. The molecular formula is C19H17Cl2NO5. The van der Waals surface area contributed by atoms with Gasteiger partial charge in [0.15, 0.2) is 18.1 Å².